The molecule has 1 aromatic rings. The highest BCUT2D eigenvalue weighted by molar-refractivity contribution is 8.00. The first-order valence-corrected chi connectivity index (χ1v) is 7.83. The molecule has 2 heterocycles. The van der Waals surface area contributed by atoms with Crippen LogP contribution in [0.5, 0.6) is 0 Å². The van der Waals surface area contributed by atoms with Crippen molar-refractivity contribution >= 4 is 23.3 Å². The third-order valence-corrected chi connectivity index (χ3v) is 4.35. The van der Waals surface area contributed by atoms with Gasteiger partial charge in [0.2, 0.25) is 0 Å². The Morgan fingerprint density at radius 3 is 3.18 bits per heavy atom. The van der Waals surface area contributed by atoms with Crippen molar-refractivity contribution in [1.29, 1.82) is 0 Å². The van der Waals surface area contributed by atoms with Crippen molar-refractivity contribution in [2.24, 2.45) is 0 Å². The van der Waals surface area contributed by atoms with Crippen LogP contribution >= 0.6 is 23.3 Å². The Bertz CT molecular complexity index is 327. The fraction of sp³-hybridized carbons (Fsp3) is 0.818. The van der Waals surface area contributed by atoms with Crippen LogP contribution in [0.15, 0.2) is 4.34 Å². The zero-order chi connectivity index (χ0) is 11.9. The number of thioether (sulfide) groups is 1. The van der Waals surface area contributed by atoms with Gasteiger partial charge < -0.3 is 9.47 Å². The highest BCUT2D eigenvalue weighted by Gasteiger charge is 2.13. The minimum Gasteiger partial charge on any atom is -0.353 e. The molecule has 1 aliphatic heterocycles. The Balaban J connectivity index is 1.59. The maximum atomic E-state index is 5.65. The normalized spacial score (nSPS) is 20.6. The van der Waals surface area contributed by atoms with E-state index in [1.807, 2.05) is 0 Å². The second-order valence-corrected chi connectivity index (χ2v) is 5.94. The molecule has 1 unspecified atom stereocenters. The molecule has 96 valence electrons. The Morgan fingerprint density at radius 1 is 1.53 bits per heavy atom. The molecule has 0 aliphatic carbocycles. The van der Waals surface area contributed by atoms with E-state index in [0.29, 0.717) is 0 Å². The summed E-state index contributed by atoms with van der Waals surface area (Å²) in [6.45, 7) is 3.63. The Labute approximate surface area is 110 Å². The fourth-order valence-electron chi connectivity index (χ4n) is 1.59. The van der Waals surface area contributed by atoms with Gasteiger partial charge in [0, 0.05) is 18.8 Å². The van der Waals surface area contributed by atoms with Crippen LogP contribution in [0, 0.1) is 0 Å². The third kappa shape index (κ3) is 4.54. The van der Waals surface area contributed by atoms with Crippen LogP contribution in [0.1, 0.15) is 32.0 Å². The van der Waals surface area contributed by atoms with E-state index in [4.69, 9.17) is 9.47 Å². The lowest BCUT2D eigenvalue weighted by Crippen LogP contribution is -2.23. The van der Waals surface area contributed by atoms with Gasteiger partial charge in [0.1, 0.15) is 5.82 Å². The first-order valence-electron chi connectivity index (χ1n) is 6.07. The van der Waals surface area contributed by atoms with E-state index in [0.717, 1.165) is 42.0 Å². The maximum absolute atomic E-state index is 5.65. The second kappa shape index (κ2) is 7.31. The van der Waals surface area contributed by atoms with Gasteiger partial charge in [-0.3, -0.25) is 0 Å². The zero-order valence-corrected chi connectivity index (χ0v) is 11.7. The monoisotopic (exact) mass is 274 g/mol. The summed E-state index contributed by atoms with van der Waals surface area (Å²) in [4.78, 5) is 4.40. The fourth-order valence-corrected chi connectivity index (χ4v) is 3.19. The zero-order valence-electron chi connectivity index (χ0n) is 10.1. The largest absolute Gasteiger partial charge is 0.353 e. The predicted molar refractivity (Wildman–Crippen MR) is 69.6 cm³/mol. The minimum absolute atomic E-state index is 0.0185. The van der Waals surface area contributed by atoms with Crippen molar-refractivity contribution < 1.29 is 9.47 Å². The maximum Gasteiger partial charge on any atom is 0.170 e. The van der Waals surface area contributed by atoms with E-state index in [-0.39, 0.29) is 6.29 Å². The first kappa shape index (κ1) is 13.3. The molecule has 0 radical (unpaired) electrons. The van der Waals surface area contributed by atoms with E-state index in [1.54, 1.807) is 11.8 Å². The lowest BCUT2D eigenvalue weighted by atomic mass is 10.2. The third-order valence-electron chi connectivity index (χ3n) is 2.52. The molecular weight excluding hydrogens is 256 g/mol. The Morgan fingerprint density at radius 2 is 2.47 bits per heavy atom. The summed E-state index contributed by atoms with van der Waals surface area (Å²) in [5.41, 5.74) is 0. The van der Waals surface area contributed by atoms with Gasteiger partial charge in [-0.25, -0.2) is 4.98 Å². The molecule has 4 nitrogen and oxygen atoms in total. The quantitative estimate of drug-likeness (QED) is 0.589. The van der Waals surface area contributed by atoms with Gasteiger partial charge in [0.05, 0.1) is 6.61 Å². The van der Waals surface area contributed by atoms with Crippen LogP contribution in [-0.4, -0.2) is 34.6 Å². The molecule has 0 N–H and O–H groups in total. The van der Waals surface area contributed by atoms with Crippen molar-refractivity contribution in [1.82, 2.24) is 9.36 Å². The number of nitrogens with zero attached hydrogens (tertiary/aromatic N) is 2. The topological polar surface area (TPSA) is 44.2 Å². The van der Waals surface area contributed by atoms with Crippen LogP contribution in [0.2, 0.25) is 0 Å². The standard InChI is InChI=1S/C11H18N2O2S2/c1-2-9-12-11(17-13-9)16-8-7-15-10-5-3-4-6-14-10/h10H,2-8H2,1H3. The summed E-state index contributed by atoms with van der Waals surface area (Å²) in [5.74, 6) is 1.85. The minimum atomic E-state index is 0.0185. The molecule has 0 bridgehead atoms. The Kier molecular flexibility index (Phi) is 5.70. The van der Waals surface area contributed by atoms with Crippen LogP contribution in [-0.2, 0) is 15.9 Å². The first-order chi connectivity index (χ1) is 8.38. The average Bonchev–Trinajstić information content (AvgIpc) is 2.84. The second-order valence-electron chi connectivity index (χ2n) is 3.85. The highest BCUT2D eigenvalue weighted by Crippen LogP contribution is 2.20. The average molecular weight is 274 g/mol. The van der Waals surface area contributed by atoms with Crippen molar-refractivity contribution in [2.45, 2.75) is 43.2 Å². The van der Waals surface area contributed by atoms with Gasteiger partial charge in [0.15, 0.2) is 10.6 Å². The van der Waals surface area contributed by atoms with Crippen LogP contribution < -0.4 is 0 Å². The molecule has 1 aromatic heterocycles. The summed E-state index contributed by atoms with van der Waals surface area (Å²) >= 11 is 3.18. The molecule has 1 atom stereocenters. The molecule has 0 spiro atoms. The van der Waals surface area contributed by atoms with Crippen molar-refractivity contribution in [3.8, 4) is 0 Å². The summed E-state index contributed by atoms with van der Waals surface area (Å²) in [7, 11) is 0. The van der Waals surface area contributed by atoms with E-state index in [1.165, 1.54) is 24.4 Å². The lowest BCUT2D eigenvalue weighted by Gasteiger charge is -2.22. The Hall–Kier alpha value is -0.170. The van der Waals surface area contributed by atoms with Gasteiger partial charge in [0.25, 0.3) is 0 Å². The number of aryl methyl sites for hydroxylation is 1. The van der Waals surface area contributed by atoms with E-state index in [2.05, 4.69) is 16.3 Å². The SMILES string of the molecule is CCc1nsc(SCCOC2CCCCO2)n1. The summed E-state index contributed by atoms with van der Waals surface area (Å²) in [6, 6.07) is 0. The number of aromatic nitrogens is 2. The molecule has 0 aromatic carbocycles. The van der Waals surface area contributed by atoms with Crippen molar-refractivity contribution in [3.05, 3.63) is 5.82 Å². The van der Waals surface area contributed by atoms with Gasteiger partial charge in [-0.15, -0.1) is 0 Å². The molecule has 17 heavy (non-hydrogen) atoms. The van der Waals surface area contributed by atoms with Gasteiger partial charge in [-0.05, 0) is 30.8 Å². The highest BCUT2D eigenvalue weighted by atomic mass is 32.2. The van der Waals surface area contributed by atoms with Crippen LogP contribution in [0.25, 0.3) is 0 Å². The van der Waals surface area contributed by atoms with E-state index >= 15 is 0 Å². The molecular formula is C11H18N2O2S2. The number of ether oxygens (including phenoxy) is 2. The molecule has 6 heteroatoms. The number of rotatable bonds is 6. The molecule has 1 saturated heterocycles. The molecule has 0 saturated carbocycles. The summed E-state index contributed by atoms with van der Waals surface area (Å²) in [5, 5.41) is 0. The van der Waals surface area contributed by atoms with Gasteiger partial charge in [-0.1, -0.05) is 18.7 Å². The molecule has 0 amide bonds. The van der Waals surface area contributed by atoms with Crippen LogP contribution in [0.3, 0.4) is 0 Å². The lowest BCUT2D eigenvalue weighted by molar-refractivity contribution is -0.158. The van der Waals surface area contributed by atoms with Crippen molar-refractivity contribution in [2.75, 3.05) is 19.0 Å². The number of hydrogen-bond donors (Lipinski definition) is 0. The predicted octanol–water partition coefficient (Wildman–Crippen LogP) is 2.74. The van der Waals surface area contributed by atoms with E-state index < -0.39 is 0 Å². The van der Waals surface area contributed by atoms with Crippen molar-refractivity contribution in [3.63, 3.8) is 0 Å². The summed E-state index contributed by atoms with van der Waals surface area (Å²) < 4.78 is 16.4. The van der Waals surface area contributed by atoms with E-state index in [9.17, 15) is 0 Å². The molecule has 1 aliphatic rings. The number of hydrogen-bond acceptors (Lipinski definition) is 6. The van der Waals surface area contributed by atoms with Gasteiger partial charge >= 0.3 is 0 Å². The van der Waals surface area contributed by atoms with Gasteiger partial charge in [-0.2, -0.15) is 4.37 Å². The van der Waals surface area contributed by atoms with Crippen LogP contribution in [0.4, 0.5) is 0 Å². The molecule has 1 fully saturated rings. The smallest absolute Gasteiger partial charge is 0.170 e. The summed E-state index contributed by atoms with van der Waals surface area (Å²) in [6.07, 6.45) is 4.34. The molecule has 2 rings (SSSR count).